The van der Waals surface area contributed by atoms with E-state index in [1.807, 2.05) is 5.43 Å². The van der Waals surface area contributed by atoms with Crippen LogP contribution in [0.4, 0.5) is 26.3 Å². The van der Waals surface area contributed by atoms with Crippen LogP contribution in [0.2, 0.25) is 0 Å². The van der Waals surface area contributed by atoms with Gasteiger partial charge < -0.3 is 0 Å². The van der Waals surface area contributed by atoms with E-state index < -0.39 is 40.9 Å². The van der Waals surface area contributed by atoms with Gasteiger partial charge in [0.1, 0.15) is 0 Å². The number of hydrogen-bond acceptors (Lipinski definition) is 3. The minimum atomic E-state index is -5.07. The standard InChI is InChI=1S/C15H10F6N2O2S/c16-14(17,18)9-4-8(5-10(6-9)15(19,20)21)13(25)23-22-12(24)7-11-2-1-3-26-11/h1-6H,7H2,(H,22,24)(H,23,25). The highest BCUT2D eigenvalue weighted by Gasteiger charge is 2.37. The van der Waals surface area contributed by atoms with Crippen molar-refractivity contribution in [2.45, 2.75) is 18.8 Å². The van der Waals surface area contributed by atoms with E-state index in [-0.39, 0.29) is 24.6 Å². The highest BCUT2D eigenvalue weighted by Crippen LogP contribution is 2.36. The van der Waals surface area contributed by atoms with Crippen molar-refractivity contribution < 1.29 is 35.9 Å². The maximum Gasteiger partial charge on any atom is 0.416 e. The quantitative estimate of drug-likeness (QED) is 0.613. The second kappa shape index (κ2) is 7.36. The molecule has 26 heavy (non-hydrogen) atoms. The van der Waals surface area contributed by atoms with Crippen LogP contribution in [0.1, 0.15) is 26.4 Å². The van der Waals surface area contributed by atoms with Crippen molar-refractivity contribution in [3.63, 3.8) is 0 Å². The number of hydrogen-bond donors (Lipinski definition) is 2. The maximum absolute atomic E-state index is 12.8. The Bertz CT molecular complexity index is 767. The molecule has 0 spiro atoms. The van der Waals surface area contributed by atoms with Gasteiger partial charge in [-0.2, -0.15) is 26.3 Å². The maximum atomic E-state index is 12.8. The fraction of sp³-hybridized carbons (Fsp3) is 0.200. The molecule has 0 aliphatic heterocycles. The molecule has 2 rings (SSSR count). The largest absolute Gasteiger partial charge is 0.416 e. The molecular weight excluding hydrogens is 386 g/mol. The molecular formula is C15H10F6N2O2S. The van der Waals surface area contributed by atoms with Crippen molar-refractivity contribution in [3.05, 3.63) is 57.3 Å². The third-order valence-electron chi connectivity index (χ3n) is 3.08. The second-order valence-corrected chi connectivity index (χ2v) is 6.09. The van der Waals surface area contributed by atoms with Gasteiger partial charge in [-0.3, -0.25) is 20.4 Å². The summed E-state index contributed by atoms with van der Waals surface area (Å²) in [5.41, 5.74) is -0.390. The van der Waals surface area contributed by atoms with Gasteiger partial charge in [-0.25, -0.2) is 0 Å². The lowest BCUT2D eigenvalue weighted by Gasteiger charge is -2.14. The number of benzene rings is 1. The molecule has 0 saturated carbocycles. The van der Waals surface area contributed by atoms with E-state index in [1.165, 1.54) is 11.3 Å². The first-order valence-electron chi connectivity index (χ1n) is 6.88. The summed E-state index contributed by atoms with van der Waals surface area (Å²) in [6.45, 7) is 0. The second-order valence-electron chi connectivity index (χ2n) is 5.05. The van der Waals surface area contributed by atoms with Crippen LogP contribution in [0.5, 0.6) is 0 Å². The zero-order valence-electron chi connectivity index (χ0n) is 12.7. The Kier molecular flexibility index (Phi) is 5.59. The van der Waals surface area contributed by atoms with Crippen LogP contribution in [0, 0.1) is 0 Å². The first-order valence-corrected chi connectivity index (χ1v) is 7.76. The summed E-state index contributed by atoms with van der Waals surface area (Å²) < 4.78 is 76.5. The summed E-state index contributed by atoms with van der Waals surface area (Å²) in [5.74, 6) is -1.98. The smallest absolute Gasteiger partial charge is 0.273 e. The van der Waals surface area contributed by atoms with Gasteiger partial charge in [-0.05, 0) is 29.6 Å². The fourth-order valence-corrected chi connectivity index (χ4v) is 2.60. The van der Waals surface area contributed by atoms with Gasteiger partial charge in [-0.1, -0.05) is 6.07 Å². The normalized spacial score (nSPS) is 11.9. The number of hydrazine groups is 1. The Hall–Kier alpha value is -2.56. The molecule has 0 unspecified atom stereocenters. The zero-order valence-corrected chi connectivity index (χ0v) is 13.5. The molecule has 2 amide bonds. The van der Waals surface area contributed by atoms with E-state index in [0.717, 1.165) is 0 Å². The number of amides is 2. The third kappa shape index (κ3) is 5.22. The number of carbonyl (C=O) groups excluding carboxylic acids is 2. The molecule has 0 saturated heterocycles. The Morgan fingerprint density at radius 3 is 1.96 bits per heavy atom. The van der Waals surface area contributed by atoms with Crippen molar-refractivity contribution in [1.82, 2.24) is 10.9 Å². The zero-order chi connectivity index (χ0) is 19.5. The first-order chi connectivity index (χ1) is 12.0. The summed E-state index contributed by atoms with van der Waals surface area (Å²) in [5, 5.41) is 1.71. The van der Waals surface area contributed by atoms with Crippen molar-refractivity contribution in [1.29, 1.82) is 0 Å². The molecule has 0 aliphatic rings. The number of halogens is 6. The van der Waals surface area contributed by atoms with Gasteiger partial charge in [0.25, 0.3) is 5.91 Å². The molecule has 11 heteroatoms. The van der Waals surface area contributed by atoms with E-state index in [0.29, 0.717) is 4.88 Å². The minimum absolute atomic E-state index is 0.0911. The van der Waals surface area contributed by atoms with Crippen LogP contribution >= 0.6 is 11.3 Å². The van der Waals surface area contributed by atoms with Gasteiger partial charge in [0.05, 0.1) is 17.5 Å². The summed E-state index contributed by atoms with van der Waals surface area (Å²) in [7, 11) is 0. The lowest BCUT2D eigenvalue weighted by molar-refractivity contribution is -0.143. The molecule has 0 radical (unpaired) electrons. The van der Waals surface area contributed by atoms with Gasteiger partial charge in [0.2, 0.25) is 5.91 Å². The Balaban J connectivity index is 2.15. The van der Waals surface area contributed by atoms with E-state index in [9.17, 15) is 35.9 Å². The van der Waals surface area contributed by atoms with Crippen LogP contribution in [0.3, 0.4) is 0 Å². The number of carbonyl (C=O) groups is 2. The Morgan fingerprint density at radius 2 is 1.50 bits per heavy atom. The van der Waals surface area contributed by atoms with Crippen molar-refractivity contribution in [2.24, 2.45) is 0 Å². The molecule has 0 fully saturated rings. The molecule has 2 N–H and O–H groups in total. The van der Waals surface area contributed by atoms with E-state index >= 15 is 0 Å². The van der Waals surface area contributed by atoms with Crippen LogP contribution < -0.4 is 10.9 Å². The molecule has 1 heterocycles. The van der Waals surface area contributed by atoms with Gasteiger partial charge in [0, 0.05) is 10.4 Å². The molecule has 2 aromatic rings. The highest BCUT2D eigenvalue weighted by molar-refractivity contribution is 7.10. The predicted octanol–water partition coefficient (Wildman–Crippen LogP) is 3.79. The number of thiophene rings is 1. The molecule has 0 atom stereocenters. The summed E-state index contributed by atoms with van der Waals surface area (Å²) in [6.07, 6.45) is -10.2. The highest BCUT2D eigenvalue weighted by atomic mass is 32.1. The van der Waals surface area contributed by atoms with E-state index in [2.05, 4.69) is 0 Å². The van der Waals surface area contributed by atoms with Crippen molar-refractivity contribution >= 4 is 23.2 Å². The summed E-state index contributed by atoms with van der Waals surface area (Å²) >= 11 is 1.27. The molecule has 140 valence electrons. The van der Waals surface area contributed by atoms with Crippen LogP contribution in [0.25, 0.3) is 0 Å². The molecule has 1 aromatic carbocycles. The Labute approximate surface area is 146 Å². The molecule has 0 bridgehead atoms. The monoisotopic (exact) mass is 396 g/mol. The first kappa shape index (κ1) is 19.8. The van der Waals surface area contributed by atoms with Gasteiger partial charge in [-0.15, -0.1) is 11.3 Å². The van der Waals surface area contributed by atoms with Gasteiger partial charge in [0.15, 0.2) is 0 Å². The summed E-state index contributed by atoms with van der Waals surface area (Å²) in [4.78, 5) is 24.1. The lowest BCUT2D eigenvalue weighted by Crippen LogP contribution is -2.42. The minimum Gasteiger partial charge on any atom is -0.273 e. The van der Waals surface area contributed by atoms with Crippen molar-refractivity contribution in [3.8, 4) is 0 Å². The number of alkyl halides is 6. The van der Waals surface area contributed by atoms with E-state index in [4.69, 9.17) is 0 Å². The molecule has 1 aromatic heterocycles. The average Bonchev–Trinajstić information content (AvgIpc) is 3.03. The number of rotatable bonds is 3. The predicted molar refractivity (Wildman–Crippen MR) is 80.1 cm³/mol. The van der Waals surface area contributed by atoms with Gasteiger partial charge >= 0.3 is 12.4 Å². The molecule has 0 aliphatic carbocycles. The van der Waals surface area contributed by atoms with Crippen LogP contribution in [-0.4, -0.2) is 11.8 Å². The third-order valence-corrected chi connectivity index (χ3v) is 3.96. The van der Waals surface area contributed by atoms with Crippen molar-refractivity contribution in [2.75, 3.05) is 0 Å². The topological polar surface area (TPSA) is 58.2 Å². The summed E-state index contributed by atoms with van der Waals surface area (Å²) in [6, 6.07) is 3.79. The molecule has 4 nitrogen and oxygen atoms in total. The Morgan fingerprint density at radius 1 is 0.923 bits per heavy atom. The fourth-order valence-electron chi connectivity index (χ4n) is 1.90. The average molecular weight is 396 g/mol. The SMILES string of the molecule is O=C(Cc1cccs1)NNC(=O)c1cc(C(F)(F)F)cc(C(F)(F)F)c1. The van der Waals surface area contributed by atoms with Crippen LogP contribution in [-0.2, 0) is 23.6 Å². The van der Waals surface area contributed by atoms with E-state index in [1.54, 1.807) is 22.9 Å². The lowest BCUT2D eigenvalue weighted by atomic mass is 10.0. The van der Waals surface area contributed by atoms with Crippen LogP contribution in [0.15, 0.2) is 35.7 Å². The number of nitrogens with one attached hydrogen (secondary N) is 2.